The number of hydrogen-bond acceptors (Lipinski definition) is 3. The maximum atomic E-state index is 11.6. The lowest BCUT2D eigenvalue weighted by Crippen LogP contribution is -2.12. The number of H-pyrrole nitrogens is 1. The summed E-state index contributed by atoms with van der Waals surface area (Å²) in [5.74, 6) is 0.736. The highest BCUT2D eigenvalue weighted by Gasteiger charge is 2.11. The predicted octanol–water partition coefficient (Wildman–Crippen LogP) is 2.23. The smallest absolute Gasteiger partial charge is 0.266 e. The normalized spacial score (nSPS) is 9.83. The molecule has 0 saturated carbocycles. The van der Waals surface area contributed by atoms with Gasteiger partial charge in [-0.25, -0.2) is 0 Å². The van der Waals surface area contributed by atoms with Gasteiger partial charge in [0.1, 0.15) is 17.4 Å². The van der Waals surface area contributed by atoms with Crippen LogP contribution in [0, 0.1) is 18.3 Å². The number of aromatic nitrogens is 1. The van der Waals surface area contributed by atoms with Gasteiger partial charge in [-0.1, -0.05) is 12.1 Å². The minimum absolute atomic E-state index is 0.139. The fourth-order valence-electron chi connectivity index (χ4n) is 1.87. The number of nitriles is 1. The summed E-state index contributed by atoms with van der Waals surface area (Å²) in [7, 11) is 1.59. The molecule has 90 valence electrons. The standard InChI is InChI=1S/C14H12N2O2/c1-9-8-16-14(17)12(7-15)13(9)10-3-5-11(18-2)6-4-10/h3-6,8H,1-2H3,(H,16,17). The number of hydrogen-bond donors (Lipinski definition) is 1. The predicted molar refractivity (Wildman–Crippen MR) is 68.5 cm³/mol. The zero-order chi connectivity index (χ0) is 13.1. The number of aryl methyl sites for hydroxylation is 1. The fraction of sp³-hybridized carbons (Fsp3) is 0.143. The molecule has 0 amide bonds. The third-order valence-corrected chi connectivity index (χ3v) is 2.78. The summed E-state index contributed by atoms with van der Waals surface area (Å²) < 4.78 is 5.08. The summed E-state index contributed by atoms with van der Waals surface area (Å²) in [6, 6.07) is 9.23. The molecule has 4 heteroatoms. The quantitative estimate of drug-likeness (QED) is 0.875. The highest BCUT2D eigenvalue weighted by Crippen LogP contribution is 2.26. The Kier molecular flexibility index (Phi) is 3.16. The summed E-state index contributed by atoms with van der Waals surface area (Å²) in [4.78, 5) is 14.2. The van der Waals surface area contributed by atoms with Gasteiger partial charge in [-0.05, 0) is 30.2 Å². The minimum atomic E-state index is -0.367. The number of nitrogens with one attached hydrogen (secondary N) is 1. The summed E-state index contributed by atoms with van der Waals surface area (Å²) >= 11 is 0. The van der Waals surface area contributed by atoms with E-state index in [-0.39, 0.29) is 11.1 Å². The molecule has 0 bridgehead atoms. The average molecular weight is 240 g/mol. The Morgan fingerprint density at radius 2 is 1.94 bits per heavy atom. The van der Waals surface area contributed by atoms with Gasteiger partial charge in [0.2, 0.25) is 0 Å². The maximum Gasteiger partial charge on any atom is 0.266 e. The second kappa shape index (κ2) is 4.76. The van der Waals surface area contributed by atoms with E-state index in [1.807, 2.05) is 25.1 Å². The van der Waals surface area contributed by atoms with Crippen molar-refractivity contribution < 1.29 is 4.74 Å². The third kappa shape index (κ3) is 1.98. The van der Waals surface area contributed by atoms with Crippen LogP contribution in [0.3, 0.4) is 0 Å². The Hall–Kier alpha value is -2.54. The van der Waals surface area contributed by atoms with Crippen LogP contribution in [0.1, 0.15) is 11.1 Å². The summed E-state index contributed by atoms with van der Waals surface area (Å²) in [6.45, 7) is 1.86. The largest absolute Gasteiger partial charge is 0.497 e. The van der Waals surface area contributed by atoms with E-state index in [2.05, 4.69) is 4.98 Å². The molecule has 0 radical (unpaired) electrons. The Morgan fingerprint density at radius 3 is 2.50 bits per heavy atom. The van der Waals surface area contributed by atoms with Crippen molar-refractivity contribution in [3.05, 3.63) is 51.9 Å². The number of ether oxygens (including phenoxy) is 1. The number of aromatic amines is 1. The molecule has 1 N–H and O–H groups in total. The van der Waals surface area contributed by atoms with Gasteiger partial charge in [-0.15, -0.1) is 0 Å². The van der Waals surface area contributed by atoms with Gasteiger partial charge in [0, 0.05) is 11.8 Å². The Labute approximate surface area is 104 Å². The molecule has 1 aromatic heterocycles. The van der Waals surface area contributed by atoms with Crippen LogP contribution in [-0.4, -0.2) is 12.1 Å². The minimum Gasteiger partial charge on any atom is -0.497 e. The first-order chi connectivity index (χ1) is 8.67. The number of nitrogens with zero attached hydrogens (tertiary/aromatic N) is 1. The van der Waals surface area contributed by atoms with E-state index in [0.29, 0.717) is 5.56 Å². The van der Waals surface area contributed by atoms with Crippen molar-refractivity contribution in [3.63, 3.8) is 0 Å². The molecular weight excluding hydrogens is 228 g/mol. The first-order valence-corrected chi connectivity index (χ1v) is 5.44. The van der Waals surface area contributed by atoms with E-state index in [1.165, 1.54) is 0 Å². The number of benzene rings is 1. The van der Waals surface area contributed by atoms with Crippen molar-refractivity contribution in [2.24, 2.45) is 0 Å². The van der Waals surface area contributed by atoms with E-state index in [9.17, 15) is 4.79 Å². The molecule has 1 aromatic carbocycles. The Morgan fingerprint density at radius 1 is 1.28 bits per heavy atom. The van der Waals surface area contributed by atoms with Crippen molar-refractivity contribution in [1.82, 2.24) is 4.98 Å². The second-order valence-electron chi connectivity index (χ2n) is 3.89. The molecule has 1 heterocycles. The van der Waals surface area contributed by atoms with Crippen LogP contribution in [0.15, 0.2) is 35.3 Å². The van der Waals surface area contributed by atoms with Gasteiger partial charge in [0.05, 0.1) is 7.11 Å². The highest BCUT2D eigenvalue weighted by atomic mass is 16.5. The van der Waals surface area contributed by atoms with Crippen LogP contribution in [-0.2, 0) is 0 Å². The molecule has 0 aliphatic carbocycles. The lowest BCUT2D eigenvalue weighted by molar-refractivity contribution is 0.415. The van der Waals surface area contributed by atoms with Crippen molar-refractivity contribution in [3.8, 4) is 22.9 Å². The molecular formula is C14H12N2O2. The zero-order valence-electron chi connectivity index (χ0n) is 10.2. The lowest BCUT2D eigenvalue weighted by atomic mass is 9.98. The van der Waals surface area contributed by atoms with Crippen LogP contribution in [0.5, 0.6) is 5.75 Å². The van der Waals surface area contributed by atoms with E-state index < -0.39 is 0 Å². The monoisotopic (exact) mass is 240 g/mol. The van der Waals surface area contributed by atoms with Crippen LogP contribution in [0.2, 0.25) is 0 Å². The van der Waals surface area contributed by atoms with Gasteiger partial charge >= 0.3 is 0 Å². The second-order valence-corrected chi connectivity index (χ2v) is 3.89. The molecule has 2 rings (SSSR count). The summed E-state index contributed by atoms with van der Waals surface area (Å²) in [5, 5.41) is 9.09. The molecule has 0 fully saturated rings. The van der Waals surface area contributed by atoms with Crippen LogP contribution < -0.4 is 10.3 Å². The molecule has 0 spiro atoms. The number of methoxy groups -OCH3 is 1. The lowest BCUT2D eigenvalue weighted by Gasteiger charge is -2.08. The van der Waals surface area contributed by atoms with Crippen molar-refractivity contribution >= 4 is 0 Å². The average Bonchev–Trinajstić information content (AvgIpc) is 2.41. The van der Waals surface area contributed by atoms with E-state index in [4.69, 9.17) is 10.00 Å². The van der Waals surface area contributed by atoms with Gasteiger partial charge in [0.15, 0.2) is 0 Å². The summed E-state index contributed by atoms with van der Waals surface area (Å²) in [6.07, 6.45) is 1.61. The van der Waals surface area contributed by atoms with Gasteiger partial charge < -0.3 is 9.72 Å². The maximum absolute atomic E-state index is 11.6. The molecule has 0 saturated heterocycles. The molecule has 4 nitrogen and oxygen atoms in total. The van der Waals surface area contributed by atoms with Crippen LogP contribution in [0.4, 0.5) is 0 Å². The van der Waals surface area contributed by atoms with Crippen molar-refractivity contribution in [2.45, 2.75) is 6.92 Å². The number of rotatable bonds is 2. The zero-order valence-corrected chi connectivity index (χ0v) is 10.2. The number of pyridine rings is 1. The van der Waals surface area contributed by atoms with Gasteiger partial charge in [-0.2, -0.15) is 5.26 Å². The molecule has 0 aliphatic heterocycles. The van der Waals surface area contributed by atoms with Crippen LogP contribution in [0.25, 0.3) is 11.1 Å². The third-order valence-electron chi connectivity index (χ3n) is 2.78. The first kappa shape index (κ1) is 11.9. The van der Waals surface area contributed by atoms with Gasteiger partial charge in [0.25, 0.3) is 5.56 Å². The van der Waals surface area contributed by atoms with Gasteiger partial charge in [-0.3, -0.25) is 4.79 Å². The Balaban J connectivity index is 2.67. The fourth-order valence-corrected chi connectivity index (χ4v) is 1.87. The van der Waals surface area contributed by atoms with E-state index in [1.54, 1.807) is 25.4 Å². The highest BCUT2D eigenvalue weighted by molar-refractivity contribution is 5.73. The SMILES string of the molecule is COc1ccc(-c2c(C)c[nH]c(=O)c2C#N)cc1. The molecule has 2 aromatic rings. The topological polar surface area (TPSA) is 65.9 Å². The van der Waals surface area contributed by atoms with Crippen molar-refractivity contribution in [2.75, 3.05) is 7.11 Å². The van der Waals surface area contributed by atoms with Crippen LogP contribution >= 0.6 is 0 Å². The van der Waals surface area contributed by atoms with Crippen molar-refractivity contribution in [1.29, 1.82) is 5.26 Å². The molecule has 0 atom stereocenters. The van der Waals surface area contributed by atoms with E-state index in [0.717, 1.165) is 16.9 Å². The Bertz CT molecular complexity index is 664. The summed E-state index contributed by atoms with van der Waals surface area (Å²) in [5.41, 5.74) is 2.13. The molecule has 0 unspecified atom stereocenters. The molecule has 0 aliphatic rings. The van der Waals surface area contributed by atoms with E-state index >= 15 is 0 Å². The molecule has 18 heavy (non-hydrogen) atoms. The first-order valence-electron chi connectivity index (χ1n) is 5.44.